The van der Waals surface area contributed by atoms with Crippen LogP contribution in [0.25, 0.3) is 11.1 Å². The number of carbonyl (C=O) groups excluding carboxylic acids is 1. The third-order valence-corrected chi connectivity index (χ3v) is 6.25. The standard InChI is InChI=1S/C22H23N5O4S/c1-27-25-20(24-26-27)13-32-11-10-19(21(28)29)23-22(30)31-12-18-16-8-4-2-6-14(16)15-7-3-5-9-17(15)18/h2-9,18-19H,10-13H2,1H3,(H,23,30)(H,28,29). The number of aryl methyl sites for hydroxylation is 1. The number of benzene rings is 2. The number of alkyl carbamates (subject to hydrolysis) is 1. The number of nitrogens with one attached hydrogen (secondary N) is 1. The van der Waals surface area contributed by atoms with Gasteiger partial charge in [-0.1, -0.05) is 48.5 Å². The van der Waals surface area contributed by atoms with Gasteiger partial charge in [-0.15, -0.1) is 10.2 Å². The van der Waals surface area contributed by atoms with Gasteiger partial charge in [-0.3, -0.25) is 0 Å². The second kappa shape index (κ2) is 9.82. The number of hydrogen-bond donors (Lipinski definition) is 2. The summed E-state index contributed by atoms with van der Waals surface area (Å²) in [5, 5.41) is 23.6. The summed E-state index contributed by atoms with van der Waals surface area (Å²) in [4.78, 5) is 25.3. The van der Waals surface area contributed by atoms with E-state index in [0.717, 1.165) is 22.3 Å². The van der Waals surface area contributed by atoms with Crippen LogP contribution in [0.2, 0.25) is 0 Å². The normalized spacial score (nSPS) is 13.3. The minimum Gasteiger partial charge on any atom is -0.480 e. The number of ether oxygens (including phenoxy) is 1. The van der Waals surface area contributed by atoms with E-state index in [-0.39, 0.29) is 18.9 Å². The molecule has 0 saturated heterocycles. The van der Waals surface area contributed by atoms with Crippen LogP contribution >= 0.6 is 11.8 Å². The average Bonchev–Trinajstić information content (AvgIpc) is 3.35. The van der Waals surface area contributed by atoms with Gasteiger partial charge >= 0.3 is 12.1 Å². The van der Waals surface area contributed by atoms with E-state index >= 15 is 0 Å². The van der Waals surface area contributed by atoms with E-state index in [2.05, 4.69) is 32.9 Å². The van der Waals surface area contributed by atoms with E-state index in [1.807, 2.05) is 36.4 Å². The number of thioether (sulfide) groups is 1. The molecule has 0 radical (unpaired) electrons. The Morgan fingerprint density at radius 1 is 1.16 bits per heavy atom. The van der Waals surface area contributed by atoms with Crippen molar-refractivity contribution in [3.8, 4) is 11.1 Å². The number of aromatic nitrogens is 4. The van der Waals surface area contributed by atoms with Crippen molar-refractivity contribution < 1.29 is 19.4 Å². The zero-order valence-electron chi connectivity index (χ0n) is 17.5. The second-order valence-electron chi connectivity index (χ2n) is 7.40. The number of amides is 1. The van der Waals surface area contributed by atoms with E-state index in [0.29, 0.717) is 17.3 Å². The van der Waals surface area contributed by atoms with Gasteiger partial charge in [0.2, 0.25) is 0 Å². The number of tetrazole rings is 1. The summed E-state index contributed by atoms with van der Waals surface area (Å²) in [7, 11) is 1.68. The molecule has 1 amide bonds. The Labute approximate surface area is 189 Å². The van der Waals surface area contributed by atoms with Crippen LogP contribution < -0.4 is 5.32 Å². The molecule has 0 saturated carbocycles. The number of hydrogen-bond acceptors (Lipinski definition) is 7. The number of carbonyl (C=O) groups is 2. The van der Waals surface area contributed by atoms with Crippen LogP contribution in [0.5, 0.6) is 0 Å². The summed E-state index contributed by atoms with van der Waals surface area (Å²) in [5.41, 5.74) is 4.47. The lowest BCUT2D eigenvalue weighted by Crippen LogP contribution is -2.41. The van der Waals surface area contributed by atoms with Crippen LogP contribution in [-0.2, 0) is 22.3 Å². The summed E-state index contributed by atoms with van der Waals surface area (Å²) in [6.07, 6.45) is -0.482. The van der Waals surface area contributed by atoms with Gasteiger partial charge in [0.1, 0.15) is 12.6 Å². The van der Waals surface area contributed by atoms with Crippen molar-refractivity contribution in [2.45, 2.75) is 24.1 Å². The third kappa shape index (κ3) is 4.91. The van der Waals surface area contributed by atoms with E-state index in [4.69, 9.17) is 4.74 Å². The molecule has 1 atom stereocenters. The molecule has 32 heavy (non-hydrogen) atoms. The fourth-order valence-electron chi connectivity index (χ4n) is 3.79. The number of carboxylic acids is 1. The monoisotopic (exact) mass is 453 g/mol. The summed E-state index contributed by atoms with van der Waals surface area (Å²) in [6.45, 7) is 0.138. The largest absolute Gasteiger partial charge is 0.480 e. The molecule has 1 aromatic heterocycles. The molecular weight excluding hydrogens is 430 g/mol. The van der Waals surface area contributed by atoms with Crippen LogP contribution in [0.1, 0.15) is 29.3 Å². The van der Waals surface area contributed by atoms with Crippen molar-refractivity contribution in [3.05, 3.63) is 65.5 Å². The van der Waals surface area contributed by atoms with Crippen molar-refractivity contribution in [2.75, 3.05) is 12.4 Å². The summed E-state index contributed by atoms with van der Waals surface area (Å²) < 4.78 is 5.45. The molecule has 1 heterocycles. The minimum absolute atomic E-state index is 0.0773. The Morgan fingerprint density at radius 2 is 1.81 bits per heavy atom. The predicted octanol–water partition coefficient (Wildman–Crippen LogP) is 2.83. The molecule has 0 spiro atoms. The van der Waals surface area contributed by atoms with Gasteiger partial charge in [0.25, 0.3) is 0 Å². The lowest BCUT2D eigenvalue weighted by molar-refractivity contribution is -0.139. The van der Waals surface area contributed by atoms with Crippen molar-refractivity contribution >= 4 is 23.8 Å². The van der Waals surface area contributed by atoms with Gasteiger partial charge in [-0.25, -0.2) is 9.59 Å². The molecule has 2 aromatic carbocycles. The maximum atomic E-state index is 12.4. The maximum absolute atomic E-state index is 12.4. The summed E-state index contributed by atoms with van der Waals surface area (Å²) in [6, 6.07) is 15.1. The lowest BCUT2D eigenvalue weighted by atomic mass is 9.98. The number of carboxylic acid groups (broad SMARTS) is 1. The SMILES string of the molecule is Cn1nnc(CSCCC(NC(=O)OCC2c3ccccc3-c3ccccc32)C(=O)O)n1. The number of rotatable bonds is 9. The highest BCUT2D eigenvalue weighted by molar-refractivity contribution is 7.98. The van der Waals surface area contributed by atoms with Crippen LogP contribution in [0.4, 0.5) is 4.79 Å². The average molecular weight is 454 g/mol. The number of nitrogens with zero attached hydrogens (tertiary/aromatic N) is 4. The van der Waals surface area contributed by atoms with E-state index in [1.165, 1.54) is 16.6 Å². The molecule has 1 unspecified atom stereocenters. The predicted molar refractivity (Wildman–Crippen MR) is 119 cm³/mol. The Bertz CT molecular complexity index is 1070. The van der Waals surface area contributed by atoms with Gasteiger partial charge in [-0.2, -0.15) is 16.6 Å². The van der Waals surface area contributed by atoms with Crippen molar-refractivity contribution in [2.24, 2.45) is 7.05 Å². The third-order valence-electron chi connectivity index (χ3n) is 5.27. The Kier molecular flexibility index (Phi) is 6.69. The molecule has 4 rings (SSSR count). The highest BCUT2D eigenvalue weighted by Gasteiger charge is 2.29. The van der Waals surface area contributed by atoms with E-state index < -0.39 is 18.1 Å². The number of fused-ring (bicyclic) bond motifs is 3. The molecule has 3 aromatic rings. The molecule has 0 bridgehead atoms. The Hall–Kier alpha value is -3.40. The Morgan fingerprint density at radius 3 is 2.41 bits per heavy atom. The first-order chi connectivity index (χ1) is 15.5. The number of aliphatic carboxylic acids is 1. The van der Waals surface area contributed by atoms with Gasteiger partial charge in [0.15, 0.2) is 5.82 Å². The second-order valence-corrected chi connectivity index (χ2v) is 8.50. The first kappa shape index (κ1) is 21.8. The van der Waals surface area contributed by atoms with Gasteiger partial charge in [0.05, 0.1) is 12.8 Å². The highest BCUT2D eigenvalue weighted by atomic mass is 32.2. The van der Waals surface area contributed by atoms with Gasteiger partial charge in [0, 0.05) is 5.92 Å². The van der Waals surface area contributed by atoms with Crippen LogP contribution in [0, 0.1) is 0 Å². The smallest absolute Gasteiger partial charge is 0.407 e. The Balaban J connectivity index is 1.30. The molecular formula is C22H23N5O4S. The van der Waals surface area contributed by atoms with Crippen molar-refractivity contribution in [1.82, 2.24) is 25.5 Å². The minimum atomic E-state index is -1.10. The van der Waals surface area contributed by atoms with Gasteiger partial charge in [-0.05, 0) is 39.6 Å². The molecule has 1 aliphatic rings. The zero-order valence-corrected chi connectivity index (χ0v) is 18.3. The fraction of sp³-hybridized carbons (Fsp3) is 0.318. The quantitative estimate of drug-likeness (QED) is 0.475. The molecule has 0 aliphatic heterocycles. The van der Waals surface area contributed by atoms with Crippen LogP contribution in [0.3, 0.4) is 0 Å². The van der Waals surface area contributed by atoms with Crippen LogP contribution in [0.15, 0.2) is 48.5 Å². The molecule has 9 nitrogen and oxygen atoms in total. The molecule has 166 valence electrons. The first-order valence-electron chi connectivity index (χ1n) is 10.2. The highest BCUT2D eigenvalue weighted by Crippen LogP contribution is 2.44. The van der Waals surface area contributed by atoms with Crippen LogP contribution in [-0.4, -0.2) is 55.8 Å². The fourth-order valence-corrected chi connectivity index (χ4v) is 4.63. The van der Waals surface area contributed by atoms with Crippen molar-refractivity contribution in [1.29, 1.82) is 0 Å². The molecule has 10 heteroatoms. The van der Waals surface area contributed by atoms with E-state index in [1.54, 1.807) is 7.05 Å². The zero-order chi connectivity index (χ0) is 22.5. The topological polar surface area (TPSA) is 119 Å². The van der Waals surface area contributed by atoms with Gasteiger partial charge < -0.3 is 15.2 Å². The molecule has 1 aliphatic carbocycles. The molecule has 0 fully saturated rings. The van der Waals surface area contributed by atoms with E-state index in [9.17, 15) is 14.7 Å². The summed E-state index contributed by atoms with van der Waals surface area (Å²) >= 11 is 1.48. The van der Waals surface area contributed by atoms with Crippen molar-refractivity contribution in [3.63, 3.8) is 0 Å². The first-order valence-corrected chi connectivity index (χ1v) is 11.3. The lowest BCUT2D eigenvalue weighted by Gasteiger charge is -2.17. The molecule has 2 N–H and O–H groups in total. The maximum Gasteiger partial charge on any atom is 0.407 e. The summed E-state index contributed by atoms with van der Waals surface area (Å²) in [5.74, 6) is 0.432.